The van der Waals surface area contributed by atoms with Crippen molar-refractivity contribution in [2.24, 2.45) is 0 Å². The van der Waals surface area contributed by atoms with E-state index in [0.717, 1.165) is 5.56 Å². The first-order chi connectivity index (χ1) is 13.8. The molecule has 4 rings (SSSR count). The molecule has 1 fully saturated rings. The van der Waals surface area contributed by atoms with Crippen LogP contribution in [0.25, 0.3) is 10.8 Å². The first kappa shape index (κ1) is 18.6. The summed E-state index contributed by atoms with van der Waals surface area (Å²) in [7, 11) is 0. The van der Waals surface area contributed by atoms with Gasteiger partial charge < -0.3 is 24.1 Å². The summed E-state index contributed by atoms with van der Waals surface area (Å²) in [4.78, 5) is 12.1. The maximum atomic E-state index is 12.1. The second-order valence-corrected chi connectivity index (χ2v) is 6.63. The van der Waals surface area contributed by atoms with Crippen LogP contribution >= 0.6 is 0 Å². The summed E-state index contributed by atoms with van der Waals surface area (Å²) in [6.07, 6.45) is -0.130. The predicted molar refractivity (Wildman–Crippen MR) is 102 cm³/mol. The van der Waals surface area contributed by atoms with Gasteiger partial charge >= 0.3 is 0 Å². The molecule has 28 heavy (non-hydrogen) atoms. The van der Waals surface area contributed by atoms with E-state index in [0.29, 0.717) is 38.7 Å². The molecule has 7 heteroatoms. The Labute approximate surface area is 162 Å². The highest BCUT2D eigenvalue weighted by molar-refractivity contribution is 5.92. The van der Waals surface area contributed by atoms with E-state index in [9.17, 15) is 4.79 Å². The molecular formula is C21H22N2O5. The summed E-state index contributed by atoms with van der Waals surface area (Å²) in [5.41, 5.74) is 1.30. The third-order valence-corrected chi connectivity index (χ3v) is 4.49. The molecule has 1 atom stereocenters. The van der Waals surface area contributed by atoms with Crippen LogP contribution in [0.4, 0.5) is 0 Å². The summed E-state index contributed by atoms with van der Waals surface area (Å²) in [5, 5.41) is 8.95. The molecule has 146 valence electrons. The van der Waals surface area contributed by atoms with E-state index in [1.54, 1.807) is 6.07 Å². The Hall–Kier alpha value is -2.74. The Morgan fingerprint density at radius 3 is 2.86 bits per heavy atom. The summed E-state index contributed by atoms with van der Waals surface area (Å²) >= 11 is 0. The zero-order chi connectivity index (χ0) is 19.2. The number of aromatic nitrogens is 1. The van der Waals surface area contributed by atoms with Gasteiger partial charge in [-0.1, -0.05) is 41.6 Å². The van der Waals surface area contributed by atoms with Crippen LogP contribution in [-0.2, 0) is 27.4 Å². The number of ether oxygens (including phenoxy) is 3. The third kappa shape index (κ3) is 4.75. The number of amides is 1. The fourth-order valence-corrected chi connectivity index (χ4v) is 3.04. The minimum absolute atomic E-state index is 0.130. The second-order valence-electron chi connectivity index (χ2n) is 6.63. The lowest BCUT2D eigenvalue weighted by Gasteiger charge is -2.22. The Kier molecular flexibility index (Phi) is 5.96. The van der Waals surface area contributed by atoms with Crippen LogP contribution in [0.3, 0.4) is 0 Å². The average Bonchev–Trinajstić information content (AvgIpc) is 3.22. The van der Waals surface area contributed by atoms with Crippen molar-refractivity contribution < 1.29 is 23.5 Å². The van der Waals surface area contributed by atoms with E-state index in [1.807, 2.05) is 18.2 Å². The third-order valence-electron chi connectivity index (χ3n) is 4.49. The van der Waals surface area contributed by atoms with Crippen molar-refractivity contribution in [2.75, 3.05) is 26.4 Å². The Balaban J connectivity index is 1.25. The van der Waals surface area contributed by atoms with Gasteiger partial charge in [-0.3, -0.25) is 4.79 Å². The number of hydrogen-bond donors (Lipinski definition) is 1. The van der Waals surface area contributed by atoms with E-state index in [-0.39, 0.29) is 24.3 Å². The molecule has 0 saturated carbocycles. The number of carbonyl (C=O) groups is 1. The van der Waals surface area contributed by atoms with Crippen LogP contribution in [0.15, 0.2) is 53.1 Å². The standard InChI is InChI=1S/C21H22N2O5/c24-21(22-11-19-14-25-7-8-27-19)20-10-18(28-23-20)13-26-12-15-5-6-16-3-1-2-4-17(16)9-15/h1-6,9-10,19H,7-8,11-14H2,(H,22,24). The monoisotopic (exact) mass is 382 g/mol. The molecule has 1 unspecified atom stereocenters. The van der Waals surface area contributed by atoms with Gasteiger partial charge in [0.15, 0.2) is 11.5 Å². The number of hydrogen-bond acceptors (Lipinski definition) is 6. The summed E-state index contributed by atoms with van der Waals surface area (Å²) in [6, 6.07) is 16.0. The number of carbonyl (C=O) groups excluding carboxylic acids is 1. The SMILES string of the molecule is O=C(NCC1COCCO1)c1cc(COCc2ccc3ccccc3c2)on1. The lowest BCUT2D eigenvalue weighted by Crippen LogP contribution is -2.39. The summed E-state index contributed by atoms with van der Waals surface area (Å²) < 4.78 is 21.7. The summed E-state index contributed by atoms with van der Waals surface area (Å²) in [6.45, 7) is 2.69. The van der Waals surface area contributed by atoms with Crippen molar-refractivity contribution in [3.8, 4) is 0 Å². The molecule has 0 aliphatic carbocycles. The minimum Gasteiger partial charge on any atom is -0.376 e. The van der Waals surface area contributed by atoms with Crippen LogP contribution < -0.4 is 5.32 Å². The van der Waals surface area contributed by atoms with Crippen molar-refractivity contribution in [1.29, 1.82) is 0 Å². The molecule has 1 aliphatic rings. The maximum Gasteiger partial charge on any atom is 0.273 e. The van der Waals surface area contributed by atoms with E-state index < -0.39 is 0 Å². The normalized spacial score (nSPS) is 16.9. The molecule has 0 bridgehead atoms. The van der Waals surface area contributed by atoms with Gasteiger partial charge in [0, 0.05) is 12.6 Å². The average molecular weight is 382 g/mol. The number of nitrogens with one attached hydrogen (secondary N) is 1. The highest BCUT2D eigenvalue weighted by Crippen LogP contribution is 2.16. The van der Waals surface area contributed by atoms with E-state index >= 15 is 0 Å². The van der Waals surface area contributed by atoms with Crippen LogP contribution in [0.1, 0.15) is 21.8 Å². The van der Waals surface area contributed by atoms with Gasteiger partial charge in [0.05, 0.1) is 32.5 Å². The fraction of sp³-hybridized carbons (Fsp3) is 0.333. The maximum absolute atomic E-state index is 12.1. The molecule has 0 radical (unpaired) electrons. The van der Waals surface area contributed by atoms with Gasteiger partial charge in [0.25, 0.3) is 5.91 Å². The van der Waals surface area contributed by atoms with E-state index in [4.69, 9.17) is 18.7 Å². The Morgan fingerprint density at radius 1 is 1.11 bits per heavy atom. The highest BCUT2D eigenvalue weighted by Gasteiger charge is 2.18. The van der Waals surface area contributed by atoms with Crippen molar-refractivity contribution in [3.05, 3.63) is 65.5 Å². The van der Waals surface area contributed by atoms with Crippen molar-refractivity contribution >= 4 is 16.7 Å². The first-order valence-corrected chi connectivity index (χ1v) is 9.26. The fourth-order valence-electron chi connectivity index (χ4n) is 3.04. The molecule has 3 aromatic rings. The van der Waals surface area contributed by atoms with Crippen LogP contribution in [0.2, 0.25) is 0 Å². The van der Waals surface area contributed by atoms with Gasteiger partial charge in [0.2, 0.25) is 0 Å². The number of fused-ring (bicyclic) bond motifs is 1. The van der Waals surface area contributed by atoms with Gasteiger partial charge in [-0.2, -0.15) is 0 Å². The lowest BCUT2D eigenvalue weighted by molar-refractivity contribution is -0.0855. The smallest absolute Gasteiger partial charge is 0.273 e. The van der Waals surface area contributed by atoms with Crippen molar-refractivity contribution in [1.82, 2.24) is 10.5 Å². The summed E-state index contributed by atoms with van der Waals surface area (Å²) in [5.74, 6) is 0.196. The highest BCUT2D eigenvalue weighted by atomic mass is 16.6. The zero-order valence-corrected chi connectivity index (χ0v) is 15.4. The predicted octanol–water partition coefficient (Wildman–Crippen LogP) is 2.69. The topological polar surface area (TPSA) is 82.8 Å². The molecule has 1 saturated heterocycles. The Bertz CT molecular complexity index is 933. The number of nitrogens with zero attached hydrogens (tertiary/aromatic N) is 1. The first-order valence-electron chi connectivity index (χ1n) is 9.26. The molecule has 2 heterocycles. The van der Waals surface area contributed by atoms with E-state index in [2.05, 4.69) is 34.7 Å². The van der Waals surface area contributed by atoms with Crippen molar-refractivity contribution in [3.63, 3.8) is 0 Å². The molecule has 7 nitrogen and oxygen atoms in total. The van der Waals surface area contributed by atoms with Crippen LogP contribution in [-0.4, -0.2) is 43.5 Å². The zero-order valence-electron chi connectivity index (χ0n) is 15.4. The Morgan fingerprint density at radius 2 is 2.00 bits per heavy atom. The molecule has 1 N–H and O–H groups in total. The van der Waals surface area contributed by atoms with E-state index in [1.165, 1.54) is 10.8 Å². The van der Waals surface area contributed by atoms with Crippen molar-refractivity contribution in [2.45, 2.75) is 19.3 Å². The largest absolute Gasteiger partial charge is 0.376 e. The van der Waals surface area contributed by atoms with Crippen LogP contribution in [0.5, 0.6) is 0 Å². The molecule has 2 aromatic carbocycles. The van der Waals surface area contributed by atoms with Gasteiger partial charge in [-0.15, -0.1) is 0 Å². The second kappa shape index (κ2) is 8.97. The van der Waals surface area contributed by atoms with Gasteiger partial charge in [-0.05, 0) is 22.4 Å². The number of rotatable bonds is 7. The van der Waals surface area contributed by atoms with Gasteiger partial charge in [-0.25, -0.2) is 0 Å². The molecule has 0 spiro atoms. The minimum atomic E-state index is -0.307. The molecule has 1 aliphatic heterocycles. The number of benzene rings is 2. The van der Waals surface area contributed by atoms with Gasteiger partial charge in [0.1, 0.15) is 6.61 Å². The molecule has 1 aromatic heterocycles. The lowest BCUT2D eigenvalue weighted by atomic mass is 10.1. The molecule has 1 amide bonds. The quantitative estimate of drug-likeness (QED) is 0.677. The van der Waals surface area contributed by atoms with Crippen LogP contribution in [0, 0.1) is 0 Å². The molecular weight excluding hydrogens is 360 g/mol.